The molecule has 1 spiro atoms. The Labute approximate surface area is 149 Å². The van der Waals surface area contributed by atoms with Crippen LogP contribution in [0.1, 0.15) is 49.3 Å². The highest BCUT2D eigenvalue weighted by Gasteiger charge is 2.73. The number of carbonyl (C=O) groups excluding carboxylic acids is 1. The van der Waals surface area contributed by atoms with Gasteiger partial charge in [0.25, 0.3) is 0 Å². The molecule has 2 heterocycles. The smallest absolute Gasteiger partial charge is 0.233 e. The van der Waals surface area contributed by atoms with Crippen LogP contribution < -0.4 is 0 Å². The Balaban J connectivity index is 1.40. The molecule has 5 rings (SSSR count). The average Bonchev–Trinajstić information content (AvgIpc) is 3.03. The molecule has 3 heteroatoms. The molecule has 2 aliphatic carbocycles. The first kappa shape index (κ1) is 15.1. The van der Waals surface area contributed by atoms with E-state index in [-0.39, 0.29) is 10.8 Å². The molecule has 2 aromatic rings. The van der Waals surface area contributed by atoms with Gasteiger partial charge in [0.1, 0.15) is 0 Å². The Morgan fingerprint density at radius 2 is 1.72 bits per heavy atom. The van der Waals surface area contributed by atoms with Crippen molar-refractivity contribution in [3.05, 3.63) is 66.0 Å². The number of rotatable bonds is 3. The second-order valence-electron chi connectivity index (χ2n) is 8.10. The van der Waals surface area contributed by atoms with Gasteiger partial charge in [0.05, 0.1) is 5.41 Å². The van der Waals surface area contributed by atoms with Crippen molar-refractivity contribution in [2.24, 2.45) is 5.41 Å². The van der Waals surface area contributed by atoms with Crippen LogP contribution in [0.25, 0.3) is 0 Å². The predicted molar refractivity (Wildman–Crippen MR) is 97.2 cm³/mol. The van der Waals surface area contributed by atoms with Crippen LogP contribution in [0.15, 0.2) is 54.7 Å². The van der Waals surface area contributed by atoms with E-state index in [4.69, 9.17) is 0 Å². The van der Waals surface area contributed by atoms with Gasteiger partial charge in [0.15, 0.2) is 0 Å². The molecule has 1 atom stereocenters. The van der Waals surface area contributed by atoms with E-state index in [0.29, 0.717) is 11.8 Å². The third-order valence-electron chi connectivity index (χ3n) is 6.85. The fourth-order valence-electron chi connectivity index (χ4n) is 5.39. The highest BCUT2D eigenvalue weighted by molar-refractivity contribution is 5.94. The lowest BCUT2D eigenvalue weighted by Gasteiger charge is -2.42. The van der Waals surface area contributed by atoms with Gasteiger partial charge in [-0.3, -0.25) is 9.78 Å². The zero-order chi connectivity index (χ0) is 16.9. The monoisotopic (exact) mass is 332 g/mol. The number of carbonyl (C=O) groups is 1. The van der Waals surface area contributed by atoms with Crippen molar-refractivity contribution in [3.63, 3.8) is 0 Å². The van der Waals surface area contributed by atoms with Crippen LogP contribution in [-0.2, 0) is 10.2 Å². The van der Waals surface area contributed by atoms with Gasteiger partial charge >= 0.3 is 0 Å². The van der Waals surface area contributed by atoms with E-state index >= 15 is 0 Å². The minimum atomic E-state index is -0.250. The Morgan fingerprint density at radius 1 is 1.00 bits per heavy atom. The summed E-state index contributed by atoms with van der Waals surface area (Å²) in [5.41, 5.74) is 2.34. The first-order chi connectivity index (χ1) is 12.3. The first-order valence-electron chi connectivity index (χ1n) is 9.51. The van der Waals surface area contributed by atoms with Gasteiger partial charge in [0.2, 0.25) is 5.91 Å². The van der Waals surface area contributed by atoms with Crippen molar-refractivity contribution >= 4 is 5.91 Å². The van der Waals surface area contributed by atoms with E-state index in [0.717, 1.165) is 25.2 Å². The molecule has 0 radical (unpaired) electrons. The molecule has 25 heavy (non-hydrogen) atoms. The number of hydrogen-bond acceptors (Lipinski definition) is 2. The second-order valence-corrected chi connectivity index (χ2v) is 8.10. The Hall–Kier alpha value is -2.16. The number of benzene rings is 1. The molecule has 1 saturated heterocycles. The van der Waals surface area contributed by atoms with Crippen LogP contribution in [0.3, 0.4) is 0 Å². The lowest BCUT2D eigenvalue weighted by molar-refractivity contribution is -0.139. The van der Waals surface area contributed by atoms with Crippen molar-refractivity contribution in [2.75, 3.05) is 13.1 Å². The molecular formula is C22H24N2O. The average molecular weight is 332 g/mol. The normalized spacial score (nSPS) is 27.3. The molecule has 1 unspecified atom stereocenters. The SMILES string of the molecule is O=C(N1CC(c2ccccn2)C1)C1(c2ccccc2)CC12CCCC2. The first-order valence-corrected chi connectivity index (χ1v) is 9.51. The summed E-state index contributed by atoms with van der Waals surface area (Å²) in [4.78, 5) is 20.1. The number of nitrogens with zero attached hydrogens (tertiary/aromatic N) is 2. The lowest BCUT2D eigenvalue weighted by atomic mass is 9.82. The summed E-state index contributed by atoms with van der Waals surface area (Å²) < 4.78 is 0. The summed E-state index contributed by atoms with van der Waals surface area (Å²) in [6.07, 6.45) is 7.88. The molecule has 2 saturated carbocycles. The van der Waals surface area contributed by atoms with Gasteiger partial charge in [-0.25, -0.2) is 0 Å². The Morgan fingerprint density at radius 3 is 2.40 bits per heavy atom. The van der Waals surface area contributed by atoms with Gasteiger partial charge < -0.3 is 4.90 Å². The van der Waals surface area contributed by atoms with Crippen molar-refractivity contribution in [1.29, 1.82) is 0 Å². The van der Waals surface area contributed by atoms with Crippen LogP contribution >= 0.6 is 0 Å². The summed E-state index contributed by atoms with van der Waals surface area (Å²) in [5, 5.41) is 0. The molecule has 0 bridgehead atoms. The van der Waals surface area contributed by atoms with E-state index in [1.165, 1.54) is 31.2 Å². The zero-order valence-corrected chi connectivity index (χ0v) is 14.5. The quantitative estimate of drug-likeness (QED) is 0.854. The fraction of sp³-hybridized carbons (Fsp3) is 0.455. The number of aromatic nitrogens is 1. The fourth-order valence-corrected chi connectivity index (χ4v) is 5.39. The molecule has 1 aromatic heterocycles. The maximum Gasteiger partial charge on any atom is 0.233 e. The minimum Gasteiger partial charge on any atom is -0.340 e. The van der Waals surface area contributed by atoms with Crippen LogP contribution in [0, 0.1) is 5.41 Å². The minimum absolute atomic E-state index is 0.238. The van der Waals surface area contributed by atoms with E-state index in [2.05, 4.69) is 40.2 Å². The van der Waals surface area contributed by atoms with Gasteiger partial charge in [-0.15, -0.1) is 0 Å². The highest BCUT2D eigenvalue weighted by atomic mass is 16.2. The third-order valence-corrected chi connectivity index (χ3v) is 6.85. The molecule has 1 amide bonds. The van der Waals surface area contributed by atoms with Crippen molar-refractivity contribution in [1.82, 2.24) is 9.88 Å². The largest absolute Gasteiger partial charge is 0.340 e. The number of hydrogen-bond donors (Lipinski definition) is 0. The Kier molecular flexibility index (Phi) is 3.28. The number of pyridine rings is 1. The number of amides is 1. The van der Waals surface area contributed by atoms with Crippen molar-refractivity contribution in [2.45, 2.75) is 43.4 Å². The summed E-state index contributed by atoms with van der Waals surface area (Å²) in [7, 11) is 0. The molecule has 3 nitrogen and oxygen atoms in total. The maximum absolute atomic E-state index is 13.6. The molecule has 3 aliphatic rings. The second kappa shape index (κ2) is 5.42. The van der Waals surface area contributed by atoms with Crippen LogP contribution in [0.2, 0.25) is 0 Å². The molecular weight excluding hydrogens is 308 g/mol. The topological polar surface area (TPSA) is 33.2 Å². The summed E-state index contributed by atoms with van der Waals surface area (Å²) >= 11 is 0. The maximum atomic E-state index is 13.6. The standard InChI is InChI=1S/C22H24N2O/c25-20(24-14-17(15-24)19-10-4-7-13-23-19)22(18-8-2-1-3-9-18)16-21(22)11-5-6-12-21/h1-4,7-10,13,17H,5-6,11-12,14-16H2. The Bertz CT molecular complexity index is 776. The third kappa shape index (κ3) is 2.11. The van der Waals surface area contributed by atoms with E-state index in [1.54, 1.807) is 0 Å². The van der Waals surface area contributed by atoms with E-state index in [9.17, 15) is 4.79 Å². The highest BCUT2D eigenvalue weighted by Crippen LogP contribution is 2.72. The number of likely N-dealkylation sites (tertiary alicyclic amines) is 1. The van der Waals surface area contributed by atoms with Gasteiger partial charge in [0, 0.05) is 30.9 Å². The van der Waals surface area contributed by atoms with Crippen molar-refractivity contribution in [3.8, 4) is 0 Å². The van der Waals surface area contributed by atoms with Crippen molar-refractivity contribution < 1.29 is 4.79 Å². The lowest BCUT2D eigenvalue weighted by Crippen LogP contribution is -2.53. The van der Waals surface area contributed by atoms with Crippen LogP contribution in [-0.4, -0.2) is 28.9 Å². The molecule has 0 N–H and O–H groups in total. The molecule has 128 valence electrons. The molecule has 1 aliphatic heterocycles. The summed E-state index contributed by atoms with van der Waals surface area (Å²) in [6, 6.07) is 16.6. The molecule has 3 fully saturated rings. The van der Waals surface area contributed by atoms with E-state index in [1.807, 2.05) is 24.4 Å². The van der Waals surface area contributed by atoms with Gasteiger partial charge in [-0.05, 0) is 42.4 Å². The summed E-state index contributed by atoms with van der Waals surface area (Å²) in [5.74, 6) is 0.768. The zero-order valence-electron chi connectivity index (χ0n) is 14.5. The van der Waals surface area contributed by atoms with Gasteiger partial charge in [-0.2, -0.15) is 0 Å². The summed E-state index contributed by atoms with van der Waals surface area (Å²) in [6.45, 7) is 1.64. The predicted octanol–water partition coefficient (Wildman–Crippen LogP) is 3.91. The van der Waals surface area contributed by atoms with Gasteiger partial charge in [-0.1, -0.05) is 49.2 Å². The molecule has 1 aromatic carbocycles. The van der Waals surface area contributed by atoms with Crippen LogP contribution in [0.4, 0.5) is 0 Å². The van der Waals surface area contributed by atoms with Crippen LogP contribution in [0.5, 0.6) is 0 Å². The van der Waals surface area contributed by atoms with E-state index < -0.39 is 0 Å².